The maximum Gasteiger partial charge on any atom is 0.341 e. The Labute approximate surface area is 187 Å². The number of halogens is 2. The Morgan fingerprint density at radius 3 is 2.61 bits per heavy atom. The summed E-state index contributed by atoms with van der Waals surface area (Å²) in [5.41, 5.74) is 5.47. The first kappa shape index (κ1) is 23.1. The van der Waals surface area contributed by atoms with E-state index in [-0.39, 0.29) is 40.7 Å². The molecule has 4 rings (SSSR count). The number of rotatable bonds is 3. The molecule has 1 unspecified atom stereocenters. The Kier molecular flexibility index (Phi) is 6.09. The van der Waals surface area contributed by atoms with Crippen LogP contribution in [0.4, 0.5) is 10.2 Å². The van der Waals surface area contributed by atoms with E-state index < -0.39 is 22.8 Å². The number of nitrogens with zero attached hydrogens (tertiary/aromatic N) is 4. The highest BCUT2D eigenvalue weighted by Gasteiger charge is 2.26. The van der Waals surface area contributed by atoms with Gasteiger partial charge in [0.25, 0.3) is 0 Å². The molecule has 1 saturated heterocycles. The molecule has 0 saturated carbocycles. The highest BCUT2D eigenvalue weighted by molar-refractivity contribution is 7.12. The standard InChI is InChI=1S/C20H22FN5O3S.ClH/c1-20(2,3)14-9-30-19(23-14)26-8-12(18(28)29)15(27)11-6-13(21)17(24-16(11)26)25-5-4-10(22)7-25;/h6,8-10H,4-5,7,22H2,1-3H3,(H,28,29);1H. The van der Waals surface area contributed by atoms with Gasteiger partial charge in [0.15, 0.2) is 22.4 Å². The predicted molar refractivity (Wildman–Crippen MR) is 121 cm³/mol. The normalized spacial score (nSPS) is 16.5. The van der Waals surface area contributed by atoms with Crippen LogP contribution in [-0.4, -0.2) is 44.7 Å². The van der Waals surface area contributed by atoms with Crippen molar-refractivity contribution < 1.29 is 14.3 Å². The van der Waals surface area contributed by atoms with E-state index in [4.69, 9.17) is 5.73 Å². The van der Waals surface area contributed by atoms with Gasteiger partial charge in [0.05, 0.1) is 11.1 Å². The van der Waals surface area contributed by atoms with Crippen LogP contribution in [0.5, 0.6) is 0 Å². The molecule has 1 atom stereocenters. The van der Waals surface area contributed by atoms with Gasteiger partial charge in [-0.15, -0.1) is 23.7 Å². The smallest absolute Gasteiger partial charge is 0.341 e. The number of hydrogen-bond donors (Lipinski definition) is 2. The molecule has 3 aromatic rings. The van der Waals surface area contributed by atoms with Crippen LogP contribution in [-0.2, 0) is 5.41 Å². The maximum absolute atomic E-state index is 14.9. The van der Waals surface area contributed by atoms with E-state index in [1.165, 1.54) is 22.1 Å². The van der Waals surface area contributed by atoms with Crippen molar-refractivity contribution in [2.45, 2.75) is 38.6 Å². The lowest BCUT2D eigenvalue weighted by Crippen LogP contribution is -2.28. The maximum atomic E-state index is 14.9. The zero-order valence-electron chi connectivity index (χ0n) is 17.3. The summed E-state index contributed by atoms with van der Waals surface area (Å²) in [5, 5.41) is 11.7. The second-order valence-electron chi connectivity index (χ2n) is 8.47. The summed E-state index contributed by atoms with van der Waals surface area (Å²) in [6.45, 7) is 7.05. The Hall–Kier alpha value is -2.56. The van der Waals surface area contributed by atoms with E-state index in [1.807, 2.05) is 26.2 Å². The molecule has 166 valence electrons. The van der Waals surface area contributed by atoms with E-state index in [0.717, 1.165) is 11.8 Å². The van der Waals surface area contributed by atoms with E-state index in [1.54, 1.807) is 4.90 Å². The average Bonchev–Trinajstić information content (AvgIpc) is 3.31. The van der Waals surface area contributed by atoms with Gasteiger partial charge in [0.1, 0.15) is 5.56 Å². The van der Waals surface area contributed by atoms with Crippen LogP contribution in [0.25, 0.3) is 16.2 Å². The highest BCUT2D eigenvalue weighted by Crippen LogP contribution is 2.29. The molecular formula is C20H23ClFN5O3S. The summed E-state index contributed by atoms with van der Waals surface area (Å²) < 4.78 is 16.3. The number of thiazole rings is 1. The molecule has 4 heterocycles. The lowest BCUT2D eigenvalue weighted by molar-refractivity contribution is 0.0695. The van der Waals surface area contributed by atoms with Crippen LogP contribution in [0, 0.1) is 5.82 Å². The first-order valence-corrected chi connectivity index (χ1v) is 10.4. The zero-order valence-corrected chi connectivity index (χ0v) is 18.9. The Morgan fingerprint density at radius 1 is 1.35 bits per heavy atom. The number of pyridine rings is 2. The fourth-order valence-corrected chi connectivity index (χ4v) is 4.46. The number of carboxylic acid groups (broad SMARTS) is 1. The summed E-state index contributed by atoms with van der Waals surface area (Å²) in [4.78, 5) is 35.1. The largest absolute Gasteiger partial charge is 0.477 e. The second-order valence-corrected chi connectivity index (χ2v) is 9.31. The molecule has 1 aliphatic heterocycles. The van der Waals surface area contributed by atoms with Gasteiger partial charge in [-0.1, -0.05) is 20.8 Å². The van der Waals surface area contributed by atoms with Gasteiger partial charge < -0.3 is 15.7 Å². The van der Waals surface area contributed by atoms with Crippen molar-refractivity contribution >= 4 is 46.6 Å². The first-order valence-electron chi connectivity index (χ1n) is 9.52. The number of anilines is 1. The topological polar surface area (TPSA) is 114 Å². The van der Waals surface area contributed by atoms with E-state index >= 15 is 0 Å². The SMILES string of the molecule is CC(C)(C)c1csc(-n2cc(C(=O)O)c(=O)c3cc(F)c(N4CCC(N)C4)nc32)n1.Cl. The van der Waals surface area contributed by atoms with Gasteiger partial charge in [-0.3, -0.25) is 9.36 Å². The highest BCUT2D eigenvalue weighted by atomic mass is 35.5. The van der Waals surface area contributed by atoms with Gasteiger partial charge in [-0.05, 0) is 12.5 Å². The lowest BCUT2D eigenvalue weighted by atomic mass is 9.93. The van der Waals surface area contributed by atoms with Crippen LogP contribution in [0.15, 0.2) is 22.4 Å². The third-order valence-electron chi connectivity index (χ3n) is 5.13. The van der Waals surface area contributed by atoms with Crippen molar-refractivity contribution in [1.82, 2.24) is 14.5 Å². The lowest BCUT2D eigenvalue weighted by Gasteiger charge is -2.19. The Balaban J connectivity index is 0.00000272. The molecule has 3 N–H and O–H groups in total. The number of aromatic nitrogens is 3. The van der Waals surface area contributed by atoms with Gasteiger partial charge >= 0.3 is 5.97 Å². The Morgan fingerprint density at radius 2 is 2.06 bits per heavy atom. The molecule has 1 fully saturated rings. The van der Waals surface area contributed by atoms with Crippen molar-refractivity contribution in [2.24, 2.45) is 5.73 Å². The minimum Gasteiger partial charge on any atom is -0.477 e. The summed E-state index contributed by atoms with van der Waals surface area (Å²) in [5.74, 6) is -1.98. The van der Waals surface area contributed by atoms with Crippen molar-refractivity contribution in [2.75, 3.05) is 18.0 Å². The number of fused-ring (bicyclic) bond motifs is 1. The minimum atomic E-state index is -1.39. The summed E-state index contributed by atoms with van der Waals surface area (Å²) in [7, 11) is 0. The zero-order chi connectivity index (χ0) is 21.8. The van der Waals surface area contributed by atoms with Crippen molar-refractivity contribution in [3.05, 3.63) is 44.9 Å². The van der Waals surface area contributed by atoms with E-state index in [9.17, 15) is 19.1 Å². The monoisotopic (exact) mass is 467 g/mol. The summed E-state index contributed by atoms with van der Waals surface area (Å²) in [6.07, 6.45) is 1.92. The number of nitrogens with two attached hydrogens (primary N) is 1. The number of aromatic carboxylic acids is 1. The predicted octanol–water partition coefficient (Wildman–Crippen LogP) is 2.94. The molecule has 8 nitrogen and oxygen atoms in total. The number of hydrogen-bond acceptors (Lipinski definition) is 7. The van der Waals surface area contributed by atoms with Crippen LogP contribution in [0.3, 0.4) is 0 Å². The molecule has 0 aliphatic carbocycles. The molecule has 31 heavy (non-hydrogen) atoms. The quantitative estimate of drug-likeness (QED) is 0.608. The fraction of sp³-hybridized carbons (Fsp3) is 0.400. The van der Waals surface area contributed by atoms with Gasteiger partial charge in [-0.2, -0.15) is 0 Å². The van der Waals surface area contributed by atoms with E-state index in [0.29, 0.717) is 24.6 Å². The first-order chi connectivity index (χ1) is 14.1. The molecule has 3 aromatic heterocycles. The number of carbonyl (C=O) groups is 1. The fourth-order valence-electron chi connectivity index (χ4n) is 3.43. The summed E-state index contributed by atoms with van der Waals surface area (Å²) >= 11 is 1.30. The third kappa shape index (κ3) is 4.15. The summed E-state index contributed by atoms with van der Waals surface area (Å²) in [6, 6.07) is 0.984. The van der Waals surface area contributed by atoms with Crippen LogP contribution in [0.1, 0.15) is 43.2 Å². The Bertz CT molecular complexity index is 1220. The van der Waals surface area contributed by atoms with Crippen molar-refractivity contribution in [3.63, 3.8) is 0 Å². The second kappa shape index (κ2) is 8.18. The molecule has 0 radical (unpaired) electrons. The van der Waals surface area contributed by atoms with Gasteiger partial charge in [-0.25, -0.2) is 19.2 Å². The van der Waals surface area contributed by atoms with Crippen LogP contribution in [0.2, 0.25) is 0 Å². The van der Waals surface area contributed by atoms with Crippen LogP contribution < -0.4 is 16.1 Å². The number of carboxylic acids is 1. The molecule has 0 bridgehead atoms. The molecule has 0 aromatic carbocycles. The minimum absolute atomic E-state index is 0. The average molecular weight is 468 g/mol. The molecular weight excluding hydrogens is 445 g/mol. The molecule has 0 amide bonds. The molecule has 0 spiro atoms. The van der Waals surface area contributed by atoms with Gasteiger partial charge in [0, 0.05) is 36.1 Å². The van der Waals surface area contributed by atoms with Crippen LogP contribution >= 0.6 is 23.7 Å². The third-order valence-corrected chi connectivity index (χ3v) is 5.97. The molecule has 1 aliphatic rings. The van der Waals surface area contributed by atoms with E-state index in [2.05, 4.69) is 9.97 Å². The molecule has 11 heteroatoms. The van der Waals surface area contributed by atoms with Crippen molar-refractivity contribution in [3.8, 4) is 5.13 Å². The van der Waals surface area contributed by atoms with Gasteiger partial charge in [0.2, 0.25) is 5.43 Å². The van der Waals surface area contributed by atoms with Crippen molar-refractivity contribution in [1.29, 1.82) is 0 Å².